The lowest BCUT2D eigenvalue weighted by Gasteiger charge is -2.21. The number of hydrogen-bond acceptors (Lipinski definition) is 2. The van der Waals surface area contributed by atoms with Crippen LogP contribution in [0.5, 0.6) is 0 Å². The van der Waals surface area contributed by atoms with Gasteiger partial charge in [-0.25, -0.2) is 0 Å². The van der Waals surface area contributed by atoms with Gasteiger partial charge >= 0.3 is 0 Å². The van der Waals surface area contributed by atoms with Gasteiger partial charge in [0.25, 0.3) is 5.91 Å². The van der Waals surface area contributed by atoms with Crippen molar-refractivity contribution in [3.05, 3.63) is 42.0 Å². The van der Waals surface area contributed by atoms with Gasteiger partial charge in [0.15, 0.2) is 0 Å². The summed E-state index contributed by atoms with van der Waals surface area (Å²) in [6, 6.07) is 11.9. The normalized spacial score (nSPS) is 17.0. The lowest BCUT2D eigenvalue weighted by molar-refractivity contribution is 0.0928. The molecule has 3 N–H and O–H groups in total. The number of rotatable bonds is 3. The fourth-order valence-corrected chi connectivity index (χ4v) is 3.31. The van der Waals surface area contributed by atoms with Crippen molar-refractivity contribution in [2.24, 2.45) is 5.92 Å². The molecular weight excluding hydrogens is 260 g/mol. The third-order valence-electron chi connectivity index (χ3n) is 4.63. The maximum atomic E-state index is 12.5. The van der Waals surface area contributed by atoms with Crippen molar-refractivity contribution in [3.63, 3.8) is 0 Å². The number of nitrogen functional groups attached to an aromatic ring is 1. The fourth-order valence-electron chi connectivity index (χ4n) is 3.31. The Bertz CT molecular complexity index is 659. The average Bonchev–Trinajstić information content (AvgIpc) is 3.00. The zero-order chi connectivity index (χ0) is 14.8. The Morgan fingerprint density at radius 3 is 2.48 bits per heavy atom. The molecule has 0 aliphatic heterocycles. The van der Waals surface area contributed by atoms with Crippen LogP contribution in [0.2, 0.25) is 0 Å². The molecule has 0 aromatic heterocycles. The van der Waals surface area contributed by atoms with E-state index >= 15 is 0 Å². The van der Waals surface area contributed by atoms with Crippen LogP contribution in [0.4, 0.5) is 5.69 Å². The van der Waals surface area contributed by atoms with E-state index in [4.69, 9.17) is 5.73 Å². The first-order valence-corrected chi connectivity index (χ1v) is 7.74. The van der Waals surface area contributed by atoms with Gasteiger partial charge in [0.1, 0.15) is 0 Å². The minimum Gasteiger partial charge on any atom is -0.398 e. The van der Waals surface area contributed by atoms with Crippen molar-refractivity contribution in [1.82, 2.24) is 5.32 Å². The standard InChI is InChI=1S/C18H22N2O/c1-12(13-6-2-3-7-13)20-18(21)16-10-14-8-4-5-9-15(14)11-17(16)19/h4-5,8-13H,2-3,6-7,19H2,1H3,(H,20,21)/t12-/m1/s1. The van der Waals surface area contributed by atoms with E-state index in [0.717, 1.165) is 10.8 Å². The Kier molecular flexibility index (Phi) is 3.82. The maximum Gasteiger partial charge on any atom is 0.253 e. The summed E-state index contributed by atoms with van der Waals surface area (Å²) in [5.41, 5.74) is 7.18. The zero-order valence-corrected chi connectivity index (χ0v) is 12.4. The Hall–Kier alpha value is -2.03. The molecule has 1 saturated carbocycles. The van der Waals surface area contributed by atoms with Gasteiger partial charge in [-0.05, 0) is 48.6 Å². The first kappa shape index (κ1) is 13.9. The highest BCUT2D eigenvalue weighted by molar-refractivity contribution is 6.04. The minimum atomic E-state index is -0.0577. The second-order valence-corrected chi connectivity index (χ2v) is 6.09. The quantitative estimate of drug-likeness (QED) is 0.843. The molecule has 3 rings (SSSR count). The Balaban J connectivity index is 1.82. The van der Waals surface area contributed by atoms with Crippen molar-refractivity contribution in [2.75, 3.05) is 5.73 Å². The van der Waals surface area contributed by atoms with E-state index in [1.165, 1.54) is 25.7 Å². The van der Waals surface area contributed by atoms with Crippen LogP contribution in [-0.4, -0.2) is 11.9 Å². The second-order valence-electron chi connectivity index (χ2n) is 6.09. The number of anilines is 1. The van der Waals surface area contributed by atoms with Crippen molar-refractivity contribution >= 4 is 22.4 Å². The van der Waals surface area contributed by atoms with E-state index in [0.29, 0.717) is 17.2 Å². The number of amides is 1. The van der Waals surface area contributed by atoms with E-state index in [1.54, 1.807) is 0 Å². The predicted octanol–water partition coefficient (Wildman–Crippen LogP) is 3.73. The van der Waals surface area contributed by atoms with Gasteiger partial charge in [-0.2, -0.15) is 0 Å². The van der Waals surface area contributed by atoms with Crippen LogP contribution in [0.1, 0.15) is 43.0 Å². The molecule has 0 saturated heterocycles. The van der Waals surface area contributed by atoms with Crippen LogP contribution in [0.25, 0.3) is 10.8 Å². The topological polar surface area (TPSA) is 55.1 Å². The molecule has 0 radical (unpaired) electrons. The number of hydrogen-bond donors (Lipinski definition) is 2. The third kappa shape index (κ3) is 2.87. The molecule has 0 bridgehead atoms. The Labute approximate surface area is 125 Å². The molecule has 1 aliphatic carbocycles. The second kappa shape index (κ2) is 5.76. The van der Waals surface area contributed by atoms with Gasteiger partial charge in [0.2, 0.25) is 0 Å². The van der Waals surface area contributed by atoms with Gasteiger partial charge in [0.05, 0.1) is 5.56 Å². The molecule has 110 valence electrons. The van der Waals surface area contributed by atoms with Crippen LogP contribution in [-0.2, 0) is 0 Å². The highest BCUT2D eigenvalue weighted by Crippen LogP contribution is 2.28. The molecule has 0 heterocycles. The molecule has 1 amide bonds. The van der Waals surface area contributed by atoms with Gasteiger partial charge in [-0.3, -0.25) is 4.79 Å². The highest BCUT2D eigenvalue weighted by atomic mass is 16.1. The number of carbonyl (C=O) groups excluding carboxylic acids is 1. The molecule has 1 aliphatic rings. The zero-order valence-electron chi connectivity index (χ0n) is 12.4. The molecule has 1 fully saturated rings. The van der Waals surface area contributed by atoms with E-state index in [9.17, 15) is 4.79 Å². The highest BCUT2D eigenvalue weighted by Gasteiger charge is 2.23. The SMILES string of the molecule is C[C@@H](NC(=O)c1cc2ccccc2cc1N)C1CCCC1. The fraction of sp³-hybridized carbons (Fsp3) is 0.389. The lowest BCUT2D eigenvalue weighted by Crippen LogP contribution is -2.37. The van der Waals surface area contributed by atoms with Crippen LogP contribution < -0.4 is 11.1 Å². The molecule has 1 atom stereocenters. The monoisotopic (exact) mass is 282 g/mol. The first-order valence-electron chi connectivity index (χ1n) is 7.74. The van der Waals surface area contributed by atoms with Gasteiger partial charge in [-0.1, -0.05) is 37.1 Å². The van der Waals surface area contributed by atoms with Gasteiger partial charge in [-0.15, -0.1) is 0 Å². The van der Waals surface area contributed by atoms with Crippen LogP contribution in [0.15, 0.2) is 36.4 Å². The third-order valence-corrected chi connectivity index (χ3v) is 4.63. The van der Waals surface area contributed by atoms with E-state index < -0.39 is 0 Å². The number of benzene rings is 2. The molecule has 0 spiro atoms. The summed E-state index contributed by atoms with van der Waals surface area (Å²) >= 11 is 0. The number of nitrogens with one attached hydrogen (secondary N) is 1. The van der Waals surface area contributed by atoms with Crippen molar-refractivity contribution in [2.45, 2.75) is 38.6 Å². The molecular formula is C18H22N2O. The van der Waals surface area contributed by atoms with Crippen molar-refractivity contribution in [3.8, 4) is 0 Å². The summed E-state index contributed by atoms with van der Waals surface area (Å²) in [5, 5.41) is 5.24. The van der Waals surface area contributed by atoms with Crippen LogP contribution in [0.3, 0.4) is 0 Å². The Morgan fingerprint density at radius 2 is 1.81 bits per heavy atom. The van der Waals surface area contributed by atoms with Crippen LogP contribution >= 0.6 is 0 Å². The number of nitrogens with two attached hydrogens (primary N) is 1. The largest absolute Gasteiger partial charge is 0.398 e. The average molecular weight is 282 g/mol. The summed E-state index contributed by atoms with van der Waals surface area (Å²) in [7, 11) is 0. The molecule has 3 nitrogen and oxygen atoms in total. The molecule has 0 unspecified atom stereocenters. The van der Waals surface area contributed by atoms with E-state index in [1.807, 2.05) is 36.4 Å². The summed E-state index contributed by atoms with van der Waals surface area (Å²) in [6.07, 6.45) is 5.00. The van der Waals surface area contributed by atoms with E-state index in [-0.39, 0.29) is 11.9 Å². The van der Waals surface area contributed by atoms with Crippen molar-refractivity contribution < 1.29 is 4.79 Å². The lowest BCUT2D eigenvalue weighted by atomic mass is 9.99. The van der Waals surface area contributed by atoms with E-state index in [2.05, 4.69) is 12.2 Å². The van der Waals surface area contributed by atoms with Crippen molar-refractivity contribution in [1.29, 1.82) is 0 Å². The maximum absolute atomic E-state index is 12.5. The minimum absolute atomic E-state index is 0.0577. The summed E-state index contributed by atoms with van der Waals surface area (Å²) in [4.78, 5) is 12.5. The smallest absolute Gasteiger partial charge is 0.253 e. The number of fused-ring (bicyclic) bond motifs is 1. The number of carbonyl (C=O) groups is 1. The summed E-state index contributed by atoms with van der Waals surface area (Å²) < 4.78 is 0. The molecule has 2 aromatic rings. The molecule has 3 heteroatoms. The van der Waals surface area contributed by atoms with Gasteiger partial charge < -0.3 is 11.1 Å². The summed E-state index contributed by atoms with van der Waals surface area (Å²) in [6.45, 7) is 2.10. The molecule has 21 heavy (non-hydrogen) atoms. The summed E-state index contributed by atoms with van der Waals surface area (Å²) in [5.74, 6) is 0.549. The predicted molar refractivity (Wildman–Crippen MR) is 87.2 cm³/mol. The van der Waals surface area contributed by atoms with Crippen LogP contribution in [0, 0.1) is 5.92 Å². The molecule has 2 aromatic carbocycles. The first-order chi connectivity index (χ1) is 10.1. The Morgan fingerprint density at radius 1 is 1.19 bits per heavy atom. The van der Waals surface area contributed by atoms with Gasteiger partial charge in [0, 0.05) is 11.7 Å².